The molecule has 1 N–H and O–H groups in total. The number of hydrogen-bond donors (Lipinski definition) is 1. The zero-order valence-corrected chi connectivity index (χ0v) is 15.0. The Morgan fingerprint density at radius 1 is 0.960 bits per heavy atom. The zero-order valence-electron chi connectivity index (χ0n) is 14.2. The van der Waals surface area contributed by atoms with Gasteiger partial charge in [0.2, 0.25) is 0 Å². The van der Waals surface area contributed by atoms with Crippen molar-refractivity contribution in [2.24, 2.45) is 0 Å². The van der Waals surface area contributed by atoms with Crippen molar-refractivity contribution in [2.45, 2.75) is 13.5 Å². The molecule has 0 bridgehead atoms. The van der Waals surface area contributed by atoms with Crippen LogP contribution < -0.4 is 5.32 Å². The van der Waals surface area contributed by atoms with Gasteiger partial charge >= 0.3 is 0 Å². The molecule has 0 amide bonds. The normalized spacial score (nSPS) is 10.3. The van der Waals surface area contributed by atoms with E-state index in [9.17, 15) is 0 Å². The fourth-order valence-corrected chi connectivity index (χ4v) is 3.00. The summed E-state index contributed by atoms with van der Waals surface area (Å²) in [7, 11) is 0. The highest BCUT2D eigenvalue weighted by Crippen LogP contribution is 2.27. The summed E-state index contributed by atoms with van der Waals surface area (Å²) in [6.45, 7) is 3.71. The maximum absolute atomic E-state index is 5.66. The van der Waals surface area contributed by atoms with Gasteiger partial charge in [0.25, 0.3) is 0 Å². The van der Waals surface area contributed by atoms with E-state index < -0.39 is 0 Å². The Kier molecular flexibility index (Phi) is 5.75. The molecule has 126 valence electrons. The molecule has 25 heavy (non-hydrogen) atoms. The molecular formula is C21H21N3S. The predicted octanol–water partition coefficient (Wildman–Crippen LogP) is 4.97. The predicted molar refractivity (Wildman–Crippen MR) is 108 cm³/mol. The SMILES string of the molecule is CCN(Cc1ccncc1)C(=S)Nc1ccccc1-c1ccccc1. The van der Waals surface area contributed by atoms with Gasteiger partial charge in [0, 0.05) is 36.7 Å². The Bertz CT molecular complexity index is 819. The summed E-state index contributed by atoms with van der Waals surface area (Å²) in [5.41, 5.74) is 4.53. The fourth-order valence-electron chi connectivity index (χ4n) is 2.69. The van der Waals surface area contributed by atoms with Crippen molar-refractivity contribution in [1.29, 1.82) is 0 Å². The summed E-state index contributed by atoms with van der Waals surface area (Å²) in [5.74, 6) is 0. The minimum absolute atomic E-state index is 0.725. The van der Waals surface area contributed by atoms with Gasteiger partial charge < -0.3 is 10.2 Å². The van der Waals surface area contributed by atoms with E-state index in [4.69, 9.17) is 12.2 Å². The Morgan fingerprint density at radius 3 is 2.36 bits per heavy atom. The molecule has 3 aromatic rings. The van der Waals surface area contributed by atoms with Gasteiger partial charge in [-0.25, -0.2) is 0 Å². The average molecular weight is 347 g/mol. The van der Waals surface area contributed by atoms with Gasteiger partial charge in [0.15, 0.2) is 5.11 Å². The Balaban J connectivity index is 1.78. The van der Waals surface area contributed by atoms with E-state index in [1.54, 1.807) is 0 Å². The van der Waals surface area contributed by atoms with Crippen molar-refractivity contribution in [2.75, 3.05) is 11.9 Å². The third-order valence-electron chi connectivity index (χ3n) is 4.05. The van der Waals surface area contributed by atoms with Crippen LogP contribution in [0.2, 0.25) is 0 Å². The van der Waals surface area contributed by atoms with Crippen molar-refractivity contribution in [3.63, 3.8) is 0 Å². The number of rotatable bonds is 5. The van der Waals surface area contributed by atoms with Crippen molar-refractivity contribution in [3.05, 3.63) is 84.7 Å². The molecule has 3 nitrogen and oxygen atoms in total. The fraction of sp³-hybridized carbons (Fsp3) is 0.143. The van der Waals surface area contributed by atoms with E-state index in [-0.39, 0.29) is 0 Å². The molecule has 4 heteroatoms. The highest BCUT2D eigenvalue weighted by Gasteiger charge is 2.11. The van der Waals surface area contributed by atoms with Crippen molar-refractivity contribution in [1.82, 2.24) is 9.88 Å². The van der Waals surface area contributed by atoms with Crippen LogP contribution in [0.25, 0.3) is 11.1 Å². The number of para-hydroxylation sites is 1. The number of thiocarbonyl (C=S) groups is 1. The minimum Gasteiger partial charge on any atom is -0.345 e. The maximum atomic E-state index is 5.66. The van der Waals surface area contributed by atoms with Crippen LogP contribution in [0.4, 0.5) is 5.69 Å². The first-order valence-corrected chi connectivity index (χ1v) is 8.78. The van der Waals surface area contributed by atoms with Gasteiger partial charge in [0.1, 0.15) is 0 Å². The second-order valence-corrected chi connectivity index (χ2v) is 6.10. The lowest BCUT2D eigenvalue weighted by atomic mass is 10.0. The maximum Gasteiger partial charge on any atom is 0.173 e. The van der Waals surface area contributed by atoms with Gasteiger partial charge in [-0.05, 0) is 48.5 Å². The number of aromatic nitrogens is 1. The van der Waals surface area contributed by atoms with Crippen LogP contribution in [0.15, 0.2) is 79.1 Å². The van der Waals surface area contributed by atoms with Crippen LogP contribution in [0, 0.1) is 0 Å². The lowest BCUT2D eigenvalue weighted by Crippen LogP contribution is -2.34. The van der Waals surface area contributed by atoms with E-state index >= 15 is 0 Å². The molecule has 0 fully saturated rings. The van der Waals surface area contributed by atoms with Crippen molar-refractivity contribution < 1.29 is 0 Å². The molecule has 0 unspecified atom stereocenters. The second-order valence-electron chi connectivity index (χ2n) is 5.71. The summed E-state index contributed by atoms with van der Waals surface area (Å²) in [4.78, 5) is 6.21. The third kappa shape index (κ3) is 4.43. The highest BCUT2D eigenvalue weighted by molar-refractivity contribution is 7.80. The first-order chi connectivity index (χ1) is 12.3. The molecule has 0 aliphatic carbocycles. The van der Waals surface area contributed by atoms with E-state index in [2.05, 4.69) is 46.4 Å². The molecule has 0 radical (unpaired) electrons. The van der Waals surface area contributed by atoms with Crippen LogP contribution in [0.3, 0.4) is 0 Å². The summed E-state index contributed by atoms with van der Waals surface area (Å²) in [6, 6.07) is 22.6. The first-order valence-electron chi connectivity index (χ1n) is 8.37. The summed E-state index contributed by atoms with van der Waals surface area (Å²) in [6.07, 6.45) is 3.62. The van der Waals surface area contributed by atoms with Gasteiger partial charge in [-0.1, -0.05) is 48.5 Å². The average Bonchev–Trinajstić information content (AvgIpc) is 2.68. The van der Waals surface area contributed by atoms with Crippen LogP contribution in [0.1, 0.15) is 12.5 Å². The molecule has 0 saturated heterocycles. The zero-order chi connectivity index (χ0) is 17.5. The Hall–Kier alpha value is -2.72. The standard InChI is InChI=1S/C21H21N3S/c1-2-24(16-17-12-14-22-15-13-17)21(25)23-20-11-7-6-10-19(20)18-8-4-3-5-9-18/h3-15H,2,16H2,1H3,(H,23,25). The highest BCUT2D eigenvalue weighted by atomic mass is 32.1. The minimum atomic E-state index is 0.725. The number of anilines is 1. The molecule has 1 aromatic heterocycles. The molecule has 1 heterocycles. The number of pyridine rings is 1. The van der Waals surface area contributed by atoms with Gasteiger partial charge in [-0.15, -0.1) is 0 Å². The van der Waals surface area contributed by atoms with Crippen molar-refractivity contribution >= 4 is 23.0 Å². The van der Waals surface area contributed by atoms with Crippen LogP contribution in [0.5, 0.6) is 0 Å². The first kappa shape index (κ1) is 17.1. The molecule has 3 rings (SSSR count). The monoisotopic (exact) mass is 347 g/mol. The largest absolute Gasteiger partial charge is 0.345 e. The molecule has 0 aliphatic heterocycles. The van der Waals surface area contributed by atoms with E-state index in [1.807, 2.05) is 54.9 Å². The van der Waals surface area contributed by atoms with Gasteiger partial charge in [0.05, 0.1) is 0 Å². The lowest BCUT2D eigenvalue weighted by molar-refractivity contribution is 0.442. The topological polar surface area (TPSA) is 28.2 Å². The lowest BCUT2D eigenvalue weighted by Gasteiger charge is -2.25. The quantitative estimate of drug-likeness (QED) is 0.660. The smallest absolute Gasteiger partial charge is 0.173 e. The van der Waals surface area contributed by atoms with Gasteiger partial charge in [-0.2, -0.15) is 0 Å². The number of hydrogen-bond acceptors (Lipinski definition) is 2. The van der Waals surface area contributed by atoms with Crippen molar-refractivity contribution in [3.8, 4) is 11.1 Å². The Labute approximate surface area is 154 Å². The molecule has 0 saturated carbocycles. The summed E-state index contributed by atoms with van der Waals surface area (Å²) < 4.78 is 0. The molecular weight excluding hydrogens is 326 g/mol. The second kappa shape index (κ2) is 8.40. The molecule has 2 aromatic carbocycles. The summed E-state index contributed by atoms with van der Waals surface area (Å²) in [5, 5.41) is 4.15. The number of nitrogens with zero attached hydrogens (tertiary/aromatic N) is 2. The van der Waals surface area contributed by atoms with E-state index in [1.165, 1.54) is 11.1 Å². The molecule has 0 atom stereocenters. The number of benzene rings is 2. The van der Waals surface area contributed by atoms with E-state index in [0.29, 0.717) is 0 Å². The number of nitrogens with one attached hydrogen (secondary N) is 1. The van der Waals surface area contributed by atoms with E-state index in [0.717, 1.165) is 29.5 Å². The van der Waals surface area contributed by atoms with Crippen LogP contribution in [-0.2, 0) is 6.54 Å². The van der Waals surface area contributed by atoms with Gasteiger partial charge in [-0.3, -0.25) is 4.98 Å². The molecule has 0 spiro atoms. The molecule has 0 aliphatic rings. The summed E-state index contributed by atoms with van der Waals surface area (Å²) >= 11 is 5.66. The van der Waals surface area contributed by atoms with Crippen LogP contribution >= 0.6 is 12.2 Å². The van der Waals surface area contributed by atoms with Crippen LogP contribution in [-0.4, -0.2) is 21.5 Å². The Morgan fingerprint density at radius 2 is 1.64 bits per heavy atom. The third-order valence-corrected chi connectivity index (χ3v) is 4.41.